The third-order valence-corrected chi connectivity index (χ3v) is 2.39. The molecule has 0 aromatic carbocycles. The van der Waals surface area contributed by atoms with Gasteiger partial charge in [0.25, 0.3) is 0 Å². The van der Waals surface area contributed by atoms with Crippen molar-refractivity contribution in [2.75, 3.05) is 0 Å². The number of pyridine rings is 1. The van der Waals surface area contributed by atoms with Gasteiger partial charge in [-0.05, 0) is 19.9 Å². The van der Waals surface area contributed by atoms with E-state index in [0.29, 0.717) is 0 Å². The Morgan fingerprint density at radius 1 is 1.50 bits per heavy atom. The van der Waals surface area contributed by atoms with E-state index in [-0.39, 0.29) is 5.78 Å². The minimum atomic E-state index is 0.0983. The van der Waals surface area contributed by atoms with E-state index in [1.165, 1.54) is 0 Å². The molecule has 2 rings (SSSR count). The molecule has 2 aromatic heterocycles. The number of hydrogen-bond donors (Lipinski definition) is 0. The molecule has 0 saturated carbocycles. The van der Waals surface area contributed by atoms with Crippen molar-refractivity contribution in [2.24, 2.45) is 7.05 Å². The topological polar surface area (TPSA) is 34.9 Å². The van der Waals surface area contributed by atoms with Crippen molar-refractivity contribution in [3.63, 3.8) is 0 Å². The molecule has 14 heavy (non-hydrogen) atoms. The fourth-order valence-electron chi connectivity index (χ4n) is 1.66. The van der Waals surface area contributed by atoms with E-state index in [1.807, 2.05) is 30.8 Å². The highest BCUT2D eigenvalue weighted by Gasteiger charge is 2.10. The van der Waals surface area contributed by atoms with Gasteiger partial charge in [-0.1, -0.05) is 0 Å². The van der Waals surface area contributed by atoms with Crippen LogP contribution in [0, 0.1) is 6.92 Å². The van der Waals surface area contributed by atoms with E-state index in [0.717, 1.165) is 22.2 Å². The molecule has 2 aromatic rings. The van der Waals surface area contributed by atoms with Crippen molar-refractivity contribution in [2.45, 2.75) is 13.8 Å². The molecule has 72 valence electrons. The molecule has 0 N–H and O–H groups in total. The van der Waals surface area contributed by atoms with Gasteiger partial charge in [0, 0.05) is 29.9 Å². The number of hydrogen-bond acceptors (Lipinski definition) is 2. The number of nitrogens with zero attached hydrogens (tertiary/aromatic N) is 2. The van der Waals surface area contributed by atoms with Crippen LogP contribution >= 0.6 is 0 Å². The number of carbonyl (C=O) groups is 1. The molecule has 0 aliphatic heterocycles. The molecule has 0 unspecified atom stereocenters. The molecular formula is C11H12N2O. The molecule has 3 heteroatoms. The first-order chi connectivity index (χ1) is 6.59. The molecule has 0 bridgehead atoms. The molecule has 0 radical (unpaired) electrons. The van der Waals surface area contributed by atoms with Gasteiger partial charge in [-0.2, -0.15) is 0 Å². The second-order valence-corrected chi connectivity index (χ2v) is 3.55. The SMILES string of the molecule is CC(=O)c1cn(C)c2cnc(C)cc12. The van der Waals surface area contributed by atoms with Crippen LogP contribution in [-0.2, 0) is 7.05 Å². The Morgan fingerprint density at radius 3 is 2.86 bits per heavy atom. The van der Waals surface area contributed by atoms with Crippen LogP contribution in [0.3, 0.4) is 0 Å². The summed E-state index contributed by atoms with van der Waals surface area (Å²) in [5.41, 5.74) is 2.71. The third-order valence-electron chi connectivity index (χ3n) is 2.39. The number of ketones is 1. The molecule has 0 saturated heterocycles. The standard InChI is InChI=1S/C11H12N2O/c1-7-4-9-10(8(2)14)6-13(3)11(9)5-12-7/h4-6H,1-3H3. The van der Waals surface area contributed by atoms with Crippen LogP contribution in [0.4, 0.5) is 0 Å². The maximum absolute atomic E-state index is 11.4. The normalized spacial score (nSPS) is 10.8. The Hall–Kier alpha value is -1.64. The van der Waals surface area contributed by atoms with Gasteiger partial charge < -0.3 is 4.57 Å². The highest BCUT2D eigenvalue weighted by Crippen LogP contribution is 2.20. The lowest BCUT2D eigenvalue weighted by Gasteiger charge is -1.96. The lowest BCUT2D eigenvalue weighted by Crippen LogP contribution is -1.89. The number of aromatic nitrogens is 2. The second kappa shape index (κ2) is 2.94. The zero-order valence-electron chi connectivity index (χ0n) is 8.53. The smallest absolute Gasteiger partial charge is 0.161 e. The molecule has 0 atom stereocenters. The van der Waals surface area contributed by atoms with Crippen molar-refractivity contribution in [1.29, 1.82) is 0 Å². The predicted octanol–water partition coefficient (Wildman–Crippen LogP) is 2.08. The van der Waals surface area contributed by atoms with Crippen molar-refractivity contribution in [1.82, 2.24) is 9.55 Å². The van der Waals surface area contributed by atoms with Gasteiger partial charge in [0.2, 0.25) is 0 Å². The first-order valence-electron chi connectivity index (χ1n) is 4.52. The number of Topliss-reactive ketones (excluding diaryl/α,β-unsaturated/α-hetero) is 1. The van der Waals surface area contributed by atoms with Gasteiger partial charge in [0.05, 0.1) is 11.7 Å². The van der Waals surface area contributed by atoms with Crippen LogP contribution in [0.25, 0.3) is 10.9 Å². The van der Waals surface area contributed by atoms with E-state index in [1.54, 1.807) is 13.1 Å². The number of carbonyl (C=O) groups excluding carboxylic acids is 1. The quantitative estimate of drug-likeness (QED) is 0.642. The van der Waals surface area contributed by atoms with Crippen molar-refractivity contribution in [3.8, 4) is 0 Å². The Labute approximate surface area is 82.4 Å². The van der Waals surface area contributed by atoms with E-state index >= 15 is 0 Å². The summed E-state index contributed by atoms with van der Waals surface area (Å²) in [4.78, 5) is 15.6. The summed E-state index contributed by atoms with van der Waals surface area (Å²) in [6, 6.07) is 1.95. The van der Waals surface area contributed by atoms with Crippen molar-refractivity contribution < 1.29 is 4.79 Å². The summed E-state index contributed by atoms with van der Waals surface area (Å²) in [6.45, 7) is 3.51. The summed E-state index contributed by atoms with van der Waals surface area (Å²) in [7, 11) is 1.92. The molecule has 0 amide bonds. The van der Waals surface area contributed by atoms with E-state index < -0.39 is 0 Å². The maximum atomic E-state index is 11.4. The first-order valence-corrected chi connectivity index (χ1v) is 4.52. The fourth-order valence-corrected chi connectivity index (χ4v) is 1.66. The molecule has 0 aliphatic carbocycles. The van der Waals surface area contributed by atoms with Gasteiger partial charge in [-0.3, -0.25) is 9.78 Å². The first kappa shape index (κ1) is 8.94. The van der Waals surface area contributed by atoms with E-state index in [4.69, 9.17) is 0 Å². The minimum absolute atomic E-state index is 0.0983. The van der Waals surface area contributed by atoms with Gasteiger partial charge >= 0.3 is 0 Å². The minimum Gasteiger partial charge on any atom is -0.349 e. The zero-order valence-corrected chi connectivity index (χ0v) is 8.53. The van der Waals surface area contributed by atoms with E-state index in [9.17, 15) is 4.79 Å². The van der Waals surface area contributed by atoms with Crippen LogP contribution in [0.15, 0.2) is 18.5 Å². The van der Waals surface area contributed by atoms with Gasteiger partial charge in [0.1, 0.15) is 0 Å². The average molecular weight is 188 g/mol. The molecule has 2 heterocycles. The summed E-state index contributed by atoms with van der Waals surface area (Å²) in [5.74, 6) is 0.0983. The Kier molecular flexibility index (Phi) is 1.88. The van der Waals surface area contributed by atoms with Crippen LogP contribution < -0.4 is 0 Å². The molecule has 0 aliphatic rings. The zero-order chi connectivity index (χ0) is 10.3. The molecule has 0 fully saturated rings. The Balaban J connectivity index is 2.85. The van der Waals surface area contributed by atoms with Crippen LogP contribution in [0.1, 0.15) is 23.0 Å². The lowest BCUT2D eigenvalue weighted by molar-refractivity contribution is 0.101. The predicted molar refractivity (Wildman–Crippen MR) is 55.5 cm³/mol. The van der Waals surface area contributed by atoms with Crippen molar-refractivity contribution in [3.05, 3.63) is 29.7 Å². The molecule has 3 nitrogen and oxygen atoms in total. The Morgan fingerprint density at radius 2 is 2.21 bits per heavy atom. The summed E-state index contributed by atoms with van der Waals surface area (Å²) in [6.07, 6.45) is 3.66. The van der Waals surface area contributed by atoms with Gasteiger partial charge in [-0.15, -0.1) is 0 Å². The summed E-state index contributed by atoms with van der Waals surface area (Å²) in [5, 5.41) is 0.993. The second-order valence-electron chi connectivity index (χ2n) is 3.55. The molecular weight excluding hydrogens is 176 g/mol. The number of fused-ring (bicyclic) bond motifs is 1. The largest absolute Gasteiger partial charge is 0.349 e. The average Bonchev–Trinajstić information content (AvgIpc) is 2.43. The van der Waals surface area contributed by atoms with Gasteiger partial charge in [-0.25, -0.2) is 0 Å². The monoisotopic (exact) mass is 188 g/mol. The van der Waals surface area contributed by atoms with E-state index in [2.05, 4.69) is 4.98 Å². The van der Waals surface area contributed by atoms with Crippen molar-refractivity contribution >= 4 is 16.7 Å². The number of rotatable bonds is 1. The van der Waals surface area contributed by atoms with Crippen LogP contribution in [0.2, 0.25) is 0 Å². The summed E-state index contributed by atoms with van der Waals surface area (Å²) < 4.78 is 1.93. The van der Waals surface area contributed by atoms with Crippen LogP contribution in [0.5, 0.6) is 0 Å². The third kappa shape index (κ3) is 1.21. The molecule has 0 spiro atoms. The Bertz CT molecular complexity index is 511. The van der Waals surface area contributed by atoms with Gasteiger partial charge in [0.15, 0.2) is 5.78 Å². The summed E-state index contributed by atoms with van der Waals surface area (Å²) >= 11 is 0. The lowest BCUT2D eigenvalue weighted by atomic mass is 10.1. The fraction of sp³-hybridized carbons (Fsp3) is 0.273. The highest BCUT2D eigenvalue weighted by atomic mass is 16.1. The number of aryl methyl sites for hydroxylation is 2. The van der Waals surface area contributed by atoms with Crippen LogP contribution in [-0.4, -0.2) is 15.3 Å². The highest BCUT2D eigenvalue weighted by molar-refractivity contribution is 6.06. The maximum Gasteiger partial charge on any atom is 0.161 e.